The van der Waals surface area contributed by atoms with E-state index in [1.807, 2.05) is 0 Å². The van der Waals surface area contributed by atoms with Crippen LogP contribution in [0.25, 0.3) is 0 Å². The molecule has 0 aliphatic carbocycles. The van der Waals surface area contributed by atoms with E-state index in [4.69, 9.17) is 0 Å². The summed E-state index contributed by atoms with van der Waals surface area (Å²) < 4.78 is 0. The molecule has 0 radical (unpaired) electrons. The van der Waals surface area contributed by atoms with E-state index in [-0.39, 0.29) is 11.4 Å². The van der Waals surface area contributed by atoms with E-state index in [0.29, 0.717) is 35.4 Å². The highest BCUT2D eigenvalue weighted by molar-refractivity contribution is 5.82. The lowest BCUT2D eigenvalue weighted by Gasteiger charge is -2.08. The largest absolute Gasteiger partial charge is 0.344 e. The molecule has 0 heterocycles. The van der Waals surface area contributed by atoms with Gasteiger partial charge in [0.15, 0.2) is 11.4 Å². The van der Waals surface area contributed by atoms with E-state index in [9.17, 15) is 60.7 Å². The van der Waals surface area contributed by atoms with Gasteiger partial charge in [0.1, 0.15) is 0 Å². The molecular formula is C26H14N8O12. The van der Waals surface area contributed by atoms with Crippen LogP contribution < -0.4 is 10.6 Å². The maximum atomic E-state index is 11.5. The van der Waals surface area contributed by atoms with Gasteiger partial charge in [-0.2, -0.15) is 0 Å². The summed E-state index contributed by atoms with van der Waals surface area (Å²) in [5.74, 6) is 5.67. The number of non-ortho nitro benzene ring substituents is 2. The number of hydrogen-bond donors (Lipinski definition) is 2. The Morgan fingerprint density at radius 3 is 0.891 bits per heavy atom. The predicted octanol–water partition coefficient (Wildman–Crippen LogP) is 6.02. The fourth-order valence-corrected chi connectivity index (χ4v) is 3.94. The van der Waals surface area contributed by atoms with Crippen LogP contribution in [-0.4, -0.2) is 29.5 Å². The highest BCUT2D eigenvalue weighted by Crippen LogP contribution is 2.41. The zero-order chi connectivity index (χ0) is 33.7. The highest BCUT2D eigenvalue weighted by Gasteiger charge is 2.32. The van der Waals surface area contributed by atoms with Crippen molar-refractivity contribution in [3.63, 3.8) is 0 Å². The van der Waals surface area contributed by atoms with E-state index >= 15 is 0 Å². The standard InChI is InChI=1S/C26H14N8O12/c35-29(36)19-11-21(31(39)40)25(22(12-19)32(41)42)27-17-7-3-15(4-8-17)1-2-16-5-9-18(10-6-16)28-26-23(33(43)44)13-20(30(37)38)14-24(26)34(45)46/h3-14,27-28H. The van der Waals surface area contributed by atoms with Gasteiger partial charge in [-0.25, -0.2) is 0 Å². The van der Waals surface area contributed by atoms with Gasteiger partial charge in [-0.15, -0.1) is 0 Å². The third-order valence-electron chi connectivity index (χ3n) is 6.03. The molecule has 4 rings (SSSR count). The molecule has 0 saturated heterocycles. The normalized spacial score (nSPS) is 10.2. The Hall–Kier alpha value is -7.56. The first kappa shape index (κ1) is 31.4. The molecule has 0 aromatic heterocycles. The Balaban J connectivity index is 1.55. The van der Waals surface area contributed by atoms with Crippen molar-refractivity contribution in [2.75, 3.05) is 10.6 Å². The fraction of sp³-hybridized carbons (Fsp3) is 0. The molecule has 20 nitrogen and oxygen atoms in total. The van der Waals surface area contributed by atoms with Crippen molar-refractivity contribution in [3.05, 3.63) is 145 Å². The molecule has 0 unspecified atom stereocenters. The Bertz CT molecular complexity index is 1810. The summed E-state index contributed by atoms with van der Waals surface area (Å²) in [6.45, 7) is 0. The van der Waals surface area contributed by atoms with Crippen molar-refractivity contribution in [2.45, 2.75) is 0 Å². The first-order valence-electron chi connectivity index (χ1n) is 12.2. The summed E-state index contributed by atoms with van der Waals surface area (Å²) in [5, 5.41) is 73.2. The SMILES string of the molecule is O=[N+]([O-])c1cc([N+](=O)[O-])c(Nc2ccc(C#Cc3ccc(Nc4c([N+](=O)[O-])cc([N+](=O)[O-])cc4[N+](=O)[O-])cc3)cc2)c([N+](=O)[O-])c1. The van der Waals surface area contributed by atoms with Gasteiger partial charge < -0.3 is 10.6 Å². The fourth-order valence-electron chi connectivity index (χ4n) is 3.94. The number of hydrogen-bond acceptors (Lipinski definition) is 14. The zero-order valence-corrected chi connectivity index (χ0v) is 22.5. The number of nitrogens with one attached hydrogen (secondary N) is 2. The number of anilines is 4. The summed E-state index contributed by atoms with van der Waals surface area (Å²) in [4.78, 5) is 62.2. The van der Waals surface area contributed by atoms with Crippen LogP contribution in [0.15, 0.2) is 72.8 Å². The first-order valence-corrected chi connectivity index (χ1v) is 12.2. The second kappa shape index (κ2) is 12.8. The van der Waals surface area contributed by atoms with Crippen LogP contribution in [0, 0.1) is 72.5 Å². The molecule has 4 aromatic rings. The van der Waals surface area contributed by atoms with Crippen molar-refractivity contribution in [2.24, 2.45) is 0 Å². The zero-order valence-electron chi connectivity index (χ0n) is 22.5. The first-order chi connectivity index (χ1) is 21.7. The van der Waals surface area contributed by atoms with Gasteiger partial charge in [0.05, 0.1) is 53.8 Å². The topological polar surface area (TPSA) is 283 Å². The monoisotopic (exact) mass is 630 g/mol. The maximum absolute atomic E-state index is 11.5. The van der Waals surface area contributed by atoms with Crippen molar-refractivity contribution >= 4 is 56.9 Å². The Kier molecular flexibility index (Phi) is 8.70. The van der Waals surface area contributed by atoms with Gasteiger partial charge in [0, 0.05) is 22.5 Å². The van der Waals surface area contributed by atoms with Gasteiger partial charge in [-0.3, -0.25) is 60.7 Å². The van der Waals surface area contributed by atoms with Crippen molar-refractivity contribution in [3.8, 4) is 11.8 Å². The molecular weight excluding hydrogens is 616 g/mol. The average molecular weight is 630 g/mol. The smallest absolute Gasteiger partial charge is 0.306 e. The van der Waals surface area contributed by atoms with Crippen molar-refractivity contribution in [1.82, 2.24) is 0 Å². The van der Waals surface area contributed by atoms with E-state index in [2.05, 4.69) is 22.5 Å². The number of benzene rings is 4. The van der Waals surface area contributed by atoms with Crippen molar-refractivity contribution < 1.29 is 29.5 Å². The lowest BCUT2D eigenvalue weighted by molar-refractivity contribution is -0.402. The third-order valence-corrected chi connectivity index (χ3v) is 6.03. The predicted molar refractivity (Wildman–Crippen MR) is 158 cm³/mol. The molecule has 0 aliphatic heterocycles. The molecule has 0 fully saturated rings. The minimum atomic E-state index is -0.989. The van der Waals surface area contributed by atoms with Crippen LogP contribution in [0.1, 0.15) is 11.1 Å². The molecule has 46 heavy (non-hydrogen) atoms. The molecule has 0 aliphatic rings. The lowest BCUT2D eigenvalue weighted by atomic mass is 10.1. The highest BCUT2D eigenvalue weighted by atomic mass is 16.6. The minimum absolute atomic E-state index is 0.176. The van der Waals surface area contributed by atoms with Crippen molar-refractivity contribution in [1.29, 1.82) is 0 Å². The summed E-state index contributed by atoms with van der Waals surface area (Å²) >= 11 is 0. The molecule has 0 saturated carbocycles. The summed E-state index contributed by atoms with van der Waals surface area (Å²) in [6, 6.07) is 14.0. The number of nitrogens with zero attached hydrogens (tertiary/aromatic N) is 6. The van der Waals surface area contributed by atoms with E-state index in [0.717, 1.165) is 0 Å². The number of rotatable bonds is 10. The average Bonchev–Trinajstić information content (AvgIpc) is 3.00. The summed E-state index contributed by atoms with van der Waals surface area (Å²) in [7, 11) is 0. The van der Waals surface area contributed by atoms with E-state index in [1.54, 1.807) is 0 Å². The molecule has 2 N–H and O–H groups in total. The number of nitro benzene ring substituents is 6. The Morgan fingerprint density at radius 1 is 0.413 bits per heavy atom. The number of nitro groups is 6. The minimum Gasteiger partial charge on any atom is -0.344 e. The van der Waals surface area contributed by atoms with Crippen LogP contribution in [0.5, 0.6) is 0 Å². The molecule has 230 valence electrons. The summed E-state index contributed by atoms with van der Waals surface area (Å²) in [5.41, 5.74) is -5.03. The third kappa shape index (κ3) is 6.90. The second-order valence-electron chi connectivity index (χ2n) is 8.92. The van der Waals surface area contributed by atoms with Gasteiger partial charge in [-0.1, -0.05) is 11.8 Å². The lowest BCUT2D eigenvalue weighted by Crippen LogP contribution is -2.03. The van der Waals surface area contributed by atoms with Crippen LogP contribution in [0.2, 0.25) is 0 Å². The Morgan fingerprint density at radius 2 is 0.674 bits per heavy atom. The molecule has 0 spiro atoms. The summed E-state index contributed by atoms with van der Waals surface area (Å²) in [6.07, 6.45) is 0. The van der Waals surface area contributed by atoms with Gasteiger partial charge >= 0.3 is 22.7 Å². The second-order valence-corrected chi connectivity index (χ2v) is 8.92. The van der Waals surface area contributed by atoms with Crippen LogP contribution in [0.3, 0.4) is 0 Å². The molecule has 0 amide bonds. The van der Waals surface area contributed by atoms with Gasteiger partial charge in [0.2, 0.25) is 0 Å². The van der Waals surface area contributed by atoms with Gasteiger partial charge in [-0.05, 0) is 48.5 Å². The van der Waals surface area contributed by atoms with E-state index < -0.39 is 75.0 Å². The quantitative estimate of drug-likeness (QED) is 0.115. The molecule has 4 aromatic carbocycles. The molecule has 0 bridgehead atoms. The van der Waals surface area contributed by atoms with E-state index in [1.165, 1.54) is 48.5 Å². The molecule has 0 atom stereocenters. The maximum Gasteiger partial charge on any atom is 0.306 e. The Labute approximate surface area is 253 Å². The molecule has 20 heteroatoms. The van der Waals surface area contributed by atoms with Crippen LogP contribution >= 0.6 is 0 Å². The van der Waals surface area contributed by atoms with Crippen LogP contribution in [0.4, 0.5) is 56.9 Å². The van der Waals surface area contributed by atoms with Gasteiger partial charge in [0.25, 0.3) is 11.4 Å². The van der Waals surface area contributed by atoms with Crippen LogP contribution in [-0.2, 0) is 0 Å².